The van der Waals surface area contributed by atoms with Crippen LogP contribution in [0.3, 0.4) is 0 Å². The minimum absolute atomic E-state index is 0.148. The lowest BCUT2D eigenvalue weighted by atomic mass is 10.2. The second-order valence-electron chi connectivity index (χ2n) is 4.08. The maximum absolute atomic E-state index is 11.0. The summed E-state index contributed by atoms with van der Waals surface area (Å²) in [6.45, 7) is 1.45. The summed E-state index contributed by atoms with van der Waals surface area (Å²) in [5.74, 6) is 0.370. The second kappa shape index (κ2) is 4.49. The fourth-order valence-corrected chi connectivity index (χ4v) is 1.85. The molecule has 0 aromatic carbocycles. The standard InChI is InChI=1S/C13H11N5O/c1-8(19)17-12-6-9(2-3-15-12)10-7-11-13(18-10)16-5-4-14-11/h2-7H,1H3,(H,16,18)(H,15,17,19). The van der Waals surface area contributed by atoms with Gasteiger partial charge in [0.05, 0.1) is 0 Å². The molecule has 2 N–H and O–H groups in total. The van der Waals surface area contributed by atoms with Gasteiger partial charge in [-0.3, -0.25) is 9.78 Å². The monoisotopic (exact) mass is 253 g/mol. The van der Waals surface area contributed by atoms with E-state index in [0.717, 1.165) is 22.4 Å². The second-order valence-corrected chi connectivity index (χ2v) is 4.08. The summed E-state index contributed by atoms with van der Waals surface area (Å²) in [6.07, 6.45) is 4.93. The number of fused-ring (bicyclic) bond motifs is 1. The van der Waals surface area contributed by atoms with Crippen LogP contribution in [0.4, 0.5) is 5.82 Å². The zero-order chi connectivity index (χ0) is 13.2. The lowest BCUT2D eigenvalue weighted by Gasteiger charge is -2.02. The fraction of sp³-hybridized carbons (Fsp3) is 0.0769. The SMILES string of the molecule is CC(=O)Nc1cc(-c2cc3nccnc3[nH]2)ccn1. The van der Waals surface area contributed by atoms with Crippen LogP contribution in [0.5, 0.6) is 0 Å². The van der Waals surface area contributed by atoms with Crippen LogP contribution >= 0.6 is 0 Å². The van der Waals surface area contributed by atoms with Gasteiger partial charge in [0.2, 0.25) is 5.91 Å². The quantitative estimate of drug-likeness (QED) is 0.731. The van der Waals surface area contributed by atoms with Crippen molar-refractivity contribution in [2.75, 3.05) is 5.32 Å². The van der Waals surface area contributed by atoms with Crippen molar-refractivity contribution in [3.05, 3.63) is 36.8 Å². The number of aromatic nitrogens is 4. The van der Waals surface area contributed by atoms with Gasteiger partial charge in [-0.25, -0.2) is 9.97 Å². The van der Waals surface area contributed by atoms with Crippen molar-refractivity contribution < 1.29 is 4.79 Å². The molecule has 6 heteroatoms. The van der Waals surface area contributed by atoms with Crippen molar-refractivity contribution in [2.45, 2.75) is 6.92 Å². The van der Waals surface area contributed by atoms with E-state index in [2.05, 4.69) is 25.3 Å². The number of hydrogen-bond donors (Lipinski definition) is 2. The van der Waals surface area contributed by atoms with Crippen molar-refractivity contribution in [3.8, 4) is 11.3 Å². The van der Waals surface area contributed by atoms with E-state index in [1.807, 2.05) is 12.1 Å². The Hall–Kier alpha value is -2.76. The van der Waals surface area contributed by atoms with E-state index < -0.39 is 0 Å². The first-order chi connectivity index (χ1) is 9.22. The Bertz CT molecular complexity index is 716. The van der Waals surface area contributed by atoms with E-state index in [-0.39, 0.29) is 5.91 Å². The minimum Gasteiger partial charge on any atom is -0.338 e. The predicted octanol–water partition coefficient (Wildman–Crippen LogP) is 1.98. The minimum atomic E-state index is -0.148. The third-order valence-corrected chi connectivity index (χ3v) is 2.64. The lowest BCUT2D eigenvalue weighted by molar-refractivity contribution is -0.114. The van der Waals surface area contributed by atoms with Gasteiger partial charge in [0, 0.05) is 36.8 Å². The number of hydrogen-bond acceptors (Lipinski definition) is 4. The highest BCUT2D eigenvalue weighted by atomic mass is 16.1. The zero-order valence-electron chi connectivity index (χ0n) is 10.2. The normalized spacial score (nSPS) is 10.6. The van der Waals surface area contributed by atoms with E-state index in [9.17, 15) is 4.79 Å². The van der Waals surface area contributed by atoms with Crippen molar-refractivity contribution in [3.63, 3.8) is 0 Å². The molecule has 3 aromatic heterocycles. The molecule has 0 aliphatic carbocycles. The summed E-state index contributed by atoms with van der Waals surface area (Å²) in [6, 6.07) is 5.57. The molecule has 0 aliphatic heterocycles. The molecule has 1 amide bonds. The Morgan fingerprint density at radius 3 is 2.79 bits per heavy atom. The number of pyridine rings is 1. The number of nitrogens with one attached hydrogen (secondary N) is 2. The van der Waals surface area contributed by atoms with E-state index in [0.29, 0.717) is 5.82 Å². The van der Waals surface area contributed by atoms with E-state index in [1.54, 1.807) is 24.7 Å². The Morgan fingerprint density at radius 2 is 2.00 bits per heavy atom. The Kier molecular flexibility index (Phi) is 2.68. The Balaban J connectivity index is 2.03. The Morgan fingerprint density at radius 1 is 1.16 bits per heavy atom. The first kappa shape index (κ1) is 11.3. The molecule has 3 aromatic rings. The van der Waals surface area contributed by atoms with Gasteiger partial charge in [-0.15, -0.1) is 0 Å². The molecule has 0 bridgehead atoms. The van der Waals surface area contributed by atoms with Crippen LogP contribution in [-0.2, 0) is 4.79 Å². The van der Waals surface area contributed by atoms with Crippen molar-refractivity contribution in [1.29, 1.82) is 0 Å². The van der Waals surface area contributed by atoms with E-state index in [4.69, 9.17) is 0 Å². The number of carbonyl (C=O) groups is 1. The van der Waals surface area contributed by atoms with Crippen LogP contribution in [-0.4, -0.2) is 25.8 Å². The molecule has 0 unspecified atom stereocenters. The molecule has 0 atom stereocenters. The predicted molar refractivity (Wildman–Crippen MR) is 71.4 cm³/mol. The van der Waals surface area contributed by atoms with Crippen LogP contribution in [0.25, 0.3) is 22.4 Å². The highest BCUT2D eigenvalue weighted by Crippen LogP contribution is 2.23. The summed E-state index contributed by atoms with van der Waals surface area (Å²) in [4.78, 5) is 26.7. The van der Waals surface area contributed by atoms with Crippen LogP contribution in [0.1, 0.15) is 6.92 Å². The van der Waals surface area contributed by atoms with Crippen molar-refractivity contribution >= 4 is 22.9 Å². The fourth-order valence-electron chi connectivity index (χ4n) is 1.85. The number of rotatable bonds is 2. The molecule has 0 spiro atoms. The number of H-pyrrole nitrogens is 1. The van der Waals surface area contributed by atoms with Gasteiger partial charge in [-0.1, -0.05) is 0 Å². The highest BCUT2D eigenvalue weighted by molar-refractivity contribution is 5.88. The van der Waals surface area contributed by atoms with Crippen molar-refractivity contribution in [1.82, 2.24) is 19.9 Å². The van der Waals surface area contributed by atoms with Gasteiger partial charge in [-0.05, 0) is 18.2 Å². The summed E-state index contributed by atoms with van der Waals surface area (Å²) < 4.78 is 0. The third kappa shape index (κ3) is 2.28. The van der Waals surface area contributed by atoms with Gasteiger partial charge in [0.15, 0.2) is 5.65 Å². The van der Waals surface area contributed by atoms with Gasteiger partial charge < -0.3 is 10.3 Å². The summed E-state index contributed by atoms with van der Waals surface area (Å²) >= 11 is 0. The molecule has 19 heavy (non-hydrogen) atoms. The number of carbonyl (C=O) groups excluding carboxylic acids is 1. The largest absolute Gasteiger partial charge is 0.338 e. The Labute approximate surface area is 108 Å². The maximum Gasteiger partial charge on any atom is 0.222 e. The molecule has 3 rings (SSSR count). The zero-order valence-corrected chi connectivity index (χ0v) is 10.2. The number of amides is 1. The molecular weight excluding hydrogens is 242 g/mol. The van der Waals surface area contributed by atoms with Crippen molar-refractivity contribution in [2.24, 2.45) is 0 Å². The van der Waals surface area contributed by atoms with Gasteiger partial charge >= 0.3 is 0 Å². The molecule has 3 heterocycles. The summed E-state index contributed by atoms with van der Waals surface area (Å²) in [5, 5.41) is 2.65. The molecule has 6 nitrogen and oxygen atoms in total. The summed E-state index contributed by atoms with van der Waals surface area (Å²) in [5.41, 5.74) is 3.33. The molecule has 0 radical (unpaired) electrons. The third-order valence-electron chi connectivity index (χ3n) is 2.64. The van der Waals surface area contributed by atoms with Crippen LogP contribution in [0.15, 0.2) is 36.8 Å². The summed E-state index contributed by atoms with van der Waals surface area (Å²) in [7, 11) is 0. The first-order valence-corrected chi connectivity index (χ1v) is 5.76. The molecule has 0 aliphatic rings. The van der Waals surface area contributed by atoms with Crippen LogP contribution < -0.4 is 5.32 Å². The van der Waals surface area contributed by atoms with Gasteiger partial charge in [-0.2, -0.15) is 0 Å². The van der Waals surface area contributed by atoms with E-state index >= 15 is 0 Å². The van der Waals surface area contributed by atoms with Crippen LogP contribution in [0, 0.1) is 0 Å². The molecule has 0 saturated heterocycles. The highest BCUT2D eigenvalue weighted by Gasteiger charge is 2.06. The van der Waals surface area contributed by atoms with E-state index in [1.165, 1.54) is 6.92 Å². The van der Waals surface area contributed by atoms with Gasteiger partial charge in [0.1, 0.15) is 11.3 Å². The van der Waals surface area contributed by atoms with Gasteiger partial charge in [0.25, 0.3) is 0 Å². The number of anilines is 1. The molecule has 0 saturated carbocycles. The average Bonchev–Trinajstić information content (AvgIpc) is 2.82. The number of nitrogens with zero attached hydrogens (tertiary/aromatic N) is 3. The first-order valence-electron chi connectivity index (χ1n) is 5.76. The lowest BCUT2D eigenvalue weighted by Crippen LogP contribution is -2.07. The molecule has 94 valence electrons. The van der Waals surface area contributed by atoms with Crippen LogP contribution in [0.2, 0.25) is 0 Å². The smallest absolute Gasteiger partial charge is 0.222 e. The topological polar surface area (TPSA) is 83.6 Å². The number of aromatic amines is 1. The molecular formula is C13H11N5O. The molecule has 0 fully saturated rings. The maximum atomic E-state index is 11.0. The average molecular weight is 253 g/mol.